The fourth-order valence-electron chi connectivity index (χ4n) is 2.64. The summed E-state index contributed by atoms with van der Waals surface area (Å²) in [5.41, 5.74) is 2.54. The van der Waals surface area contributed by atoms with Crippen molar-refractivity contribution in [1.29, 1.82) is 0 Å². The zero-order valence-corrected chi connectivity index (χ0v) is 15.2. The summed E-state index contributed by atoms with van der Waals surface area (Å²) < 4.78 is 0. The van der Waals surface area contributed by atoms with E-state index in [-0.39, 0.29) is 24.1 Å². The highest BCUT2D eigenvalue weighted by Gasteiger charge is 2.27. The van der Waals surface area contributed by atoms with E-state index in [4.69, 9.17) is 0 Å². The van der Waals surface area contributed by atoms with Crippen LogP contribution in [0.25, 0.3) is 0 Å². The van der Waals surface area contributed by atoms with E-state index >= 15 is 0 Å². The average molecular weight is 372 g/mol. The summed E-state index contributed by atoms with van der Waals surface area (Å²) in [7, 11) is 0. The van der Waals surface area contributed by atoms with Gasteiger partial charge in [0.1, 0.15) is 6.04 Å². The van der Waals surface area contributed by atoms with Crippen molar-refractivity contribution >= 4 is 39.9 Å². The first-order chi connectivity index (χ1) is 12.5. The van der Waals surface area contributed by atoms with Crippen molar-refractivity contribution < 1.29 is 14.4 Å². The predicted molar refractivity (Wildman–Crippen MR) is 100 cm³/mol. The van der Waals surface area contributed by atoms with Crippen LogP contribution in [0.3, 0.4) is 0 Å². The van der Waals surface area contributed by atoms with Gasteiger partial charge in [0.2, 0.25) is 17.7 Å². The predicted octanol–water partition coefficient (Wildman–Crippen LogP) is 2.10. The van der Waals surface area contributed by atoms with Crippen LogP contribution < -0.4 is 16.0 Å². The van der Waals surface area contributed by atoms with Crippen molar-refractivity contribution in [2.45, 2.75) is 38.6 Å². The summed E-state index contributed by atoms with van der Waals surface area (Å²) in [5, 5.41) is 10.3. The van der Waals surface area contributed by atoms with Gasteiger partial charge in [-0.05, 0) is 30.5 Å². The Morgan fingerprint density at radius 2 is 2.04 bits per heavy atom. The zero-order valence-electron chi connectivity index (χ0n) is 14.4. The number of anilines is 2. The number of carbonyl (C=O) groups excluding carboxylic acids is 3. The molecule has 3 N–H and O–H groups in total. The monoisotopic (exact) mass is 372 g/mol. The summed E-state index contributed by atoms with van der Waals surface area (Å²) in [6.07, 6.45) is 1.93. The lowest BCUT2D eigenvalue weighted by atomic mass is 10.1. The van der Waals surface area contributed by atoms with Gasteiger partial charge < -0.3 is 16.0 Å². The number of aromatic nitrogens is 1. The minimum absolute atomic E-state index is 0.117. The molecule has 1 aliphatic rings. The lowest BCUT2D eigenvalue weighted by Crippen LogP contribution is -2.37. The Balaban J connectivity index is 1.51. The largest absolute Gasteiger partial charge is 0.344 e. The molecule has 1 aromatic carbocycles. The Morgan fingerprint density at radius 1 is 1.27 bits per heavy atom. The van der Waals surface area contributed by atoms with Gasteiger partial charge in [0, 0.05) is 17.5 Å². The number of nitrogens with one attached hydrogen (secondary N) is 3. The maximum absolute atomic E-state index is 12.1. The van der Waals surface area contributed by atoms with Crippen molar-refractivity contribution in [1.82, 2.24) is 10.3 Å². The molecule has 26 heavy (non-hydrogen) atoms. The topological polar surface area (TPSA) is 100 Å². The van der Waals surface area contributed by atoms with Crippen LogP contribution in [-0.4, -0.2) is 28.7 Å². The Morgan fingerprint density at radius 3 is 2.69 bits per heavy atom. The van der Waals surface area contributed by atoms with E-state index in [9.17, 15) is 14.4 Å². The molecule has 0 saturated carbocycles. The third-order valence-corrected chi connectivity index (χ3v) is 4.89. The molecule has 1 unspecified atom stereocenters. The SMILES string of the molecule is CCc1ccc(NC(=O)Cc2csc(NC(=O)C3CCC(=O)N3)n2)cc1. The second kappa shape index (κ2) is 8.09. The van der Waals surface area contributed by atoms with E-state index in [2.05, 4.69) is 27.9 Å². The van der Waals surface area contributed by atoms with Crippen LogP contribution in [0.2, 0.25) is 0 Å². The Hall–Kier alpha value is -2.74. The fourth-order valence-corrected chi connectivity index (χ4v) is 3.36. The number of benzene rings is 1. The van der Waals surface area contributed by atoms with Crippen molar-refractivity contribution in [3.05, 3.63) is 40.9 Å². The first-order valence-electron chi connectivity index (χ1n) is 8.47. The standard InChI is InChI=1S/C18H20N4O3S/c1-2-11-3-5-12(6-4-11)19-16(24)9-13-10-26-18(20-13)22-17(25)14-7-8-15(23)21-14/h3-6,10,14H,2,7-9H2,1H3,(H,19,24)(H,21,23)(H,20,22,25). The van der Waals surface area contributed by atoms with E-state index < -0.39 is 6.04 Å². The molecule has 136 valence electrons. The van der Waals surface area contributed by atoms with Crippen molar-refractivity contribution in [2.75, 3.05) is 10.6 Å². The molecule has 1 aromatic heterocycles. The van der Waals surface area contributed by atoms with Crippen LogP contribution in [0.1, 0.15) is 31.0 Å². The first kappa shape index (κ1) is 18.1. The maximum Gasteiger partial charge on any atom is 0.248 e. The second-order valence-electron chi connectivity index (χ2n) is 6.07. The number of nitrogens with zero attached hydrogens (tertiary/aromatic N) is 1. The number of amides is 3. The van der Waals surface area contributed by atoms with E-state index in [1.165, 1.54) is 16.9 Å². The number of hydrogen-bond acceptors (Lipinski definition) is 5. The van der Waals surface area contributed by atoms with Gasteiger partial charge in [0.25, 0.3) is 0 Å². The molecule has 0 aliphatic carbocycles. The molecule has 2 heterocycles. The summed E-state index contributed by atoms with van der Waals surface area (Å²) in [6, 6.07) is 7.20. The molecule has 2 aromatic rings. The van der Waals surface area contributed by atoms with Gasteiger partial charge in [0.05, 0.1) is 12.1 Å². The number of aryl methyl sites for hydroxylation is 1. The molecule has 3 rings (SSSR count). The van der Waals surface area contributed by atoms with E-state index in [0.717, 1.165) is 12.1 Å². The summed E-state index contributed by atoms with van der Waals surface area (Å²) in [6.45, 7) is 2.08. The van der Waals surface area contributed by atoms with Crippen LogP contribution in [-0.2, 0) is 27.2 Å². The molecule has 0 bridgehead atoms. The molecule has 3 amide bonds. The van der Waals surface area contributed by atoms with Gasteiger partial charge in [-0.1, -0.05) is 19.1 Å². The fraction of sp³-hybridized carbons (Fsp3) is 0.333. The van der Waals surface area contributed by atoms with Gasteiger partial charge in [-0.3, -0.25) is 14.4 Å². The molecule has 0 radical (unpaired) electrons. The highest BCUT2D eigenvalue weighted by molar-refractivity contribution is 7.13. The third-order valence-electron chi connectivity index (χ3n) is 4.08. The molecule has 1 saturated heterocycles. The minimum Gasteiger partial charge on any atom is -0.344 e. The van der Waals surface area contributed by atoms with Crippen LogP contribution in [0.5, 0.6) is 0 Å². The van der Waals surface area contributed by atoms with Crippen LogP contribution in [0, 0.1) is 0 Å². The number of rotatable bonds is 6. The Bertz CT molecular complexity index is 816. The minimum atomic E-state index is -0.510. The van der Waals surface area contributed by atoms with Crippen LogP contribution >= 0.6 is 11.3 Å². The van der Waals surface area contributed by atoms with Gasteiger partial charge >= 0.3 is 0 Å². The molecule has 8 heteroatoms. The highest BCUT2D eigenvalue weighted by atomic mass is 32.1. The molecule has 7 nitrogen and oxygen atoms in total. The Kier molecular flexibility index (Phi) is 5.62. The number of thiazole rings is 1. The Labute approximate surface area is 155 Å². The quantitative estimate of drug-likeness (QED) is 0.723. The summed E-state index contributed by atoms with van der Waals surface area (Å²) >= 11 is 1.25. The van der Waals surface area contributed by atoms with Gasteiger partial charge in [-0.2, -0.15) is 0 Å². The molecule has 1 atom stereocenters. The lowest BCUT2D eigenvalue weighted by molar-refractivity contribution is -0.122. The summed E-state index contributed by atoms with van der Waals surface area (Å²) in [5.74, 6) is -0.564. The van der Waals surface area contributed by atoms with Crippen LogP contribution in [0.4, 0.5) is 10.8 Å². The van der Waals surface area contributed by atoms with Crippen molar-refractivity contribution in [2.24, 2.45) is 0 Å². The number of hydrogen-bond donors (Lipinski definition) is 3. The molecule has 0 spiro atoms. The van der Waals surface area contributed by atoms with Crippen LogP contribution in [0.15, 0.2) is 29.6 Å². The maximum atomic E-state index is 12.1. The number of carbonyl (C=O) groups is 3. The smallest absolute Gasteiger partial charge is 0.248 e. The highest BCUT2D eigenvalue weighted by Crippen LogP contribution is 2.18. The van der Waals surface area contributed by atoms with Gasteiger partial charge in [-0.15, -0.1) is 11.3 Å². The van der Waals surface area contributed by atoms with Gasteiger partial charge in [-0.25, -0.2) is 4.98 Å². The lowest BCUT2D eigenvalue weighted by Gasteiger charge is -2.08. The van der Waals surface area contributed by atoms with Gasteiger partial charge in [0.15, 0.2) is 5.13 Å². The molecule has 1 fully saturated rings. The average Bonchev–Trinajstić information content (AvgIpc) is 3.24. The van der Waals surface area contributed by atoms with Crippen molar-refractivity contribution in [3.63, 3.8) is 0 Å². The van der Waals surface area contributed by atoms with E-state index in [1.807, 2.05) is 24.3 Å². The summed E-state index contributed by atoms with van der Waals surface area (Å²) in [4.78, 5) is 39.6. The molecular weight excluding hydrogens is 352 g/mol. The van der Waals surface area contributed by atoms with E-state index in [1.54, 1.807) is 5.38 Å². The third kappa shape index (κ3) is 4.66. The normalized spacial score (nSPS) is 16.2. The first-order valence-corrected chi connectivity index (χ1v) is 9.35. The van der Waals surface area contributed by atoms with E-state index in [0.29, 0.717) is 23.7 Å². The zero-order chi connectivity index (χ0) is 18.5. The van der Waals surface area contributed by atoms with Crippen molar-refractivity contribution in [3.8, 4) is 0 Å². The second-order valence-corrected chi connectivity index (χ2v) is 6.93. The molecular formula is C18H20N4O3S. The molecule has 1 aliphatic heterocycles.